The zero-order valence-electron chi connectivity index (χ0n) is 10.2. The van der Waals surface area contributed by atoms with E-state index < -0.39 is 0 Å². The van der Waals surface area contributed by atoms with Gasteiger partial charge in [0.05, 0.1) is 0 Å². The number of pyridine rings is 1. The molecular formula is C13H19BrN2O. The van der Waals surface area contributed by atoms with Crippen molar-refractivity contribution in [3.8, 4) is 5.88 Å². The van der Waals surface area contributed by atoms with Gasteiger partial charge in [-0.05, 0) is 54.7 Å². The summed E-state index contributed by atoms with van der Waals surface area (Å²) in [5, 5.41) is 0. The fourth-order valence-corrected chi connectivity index (χ4v) is 2.84. The van der Waals surface area contributed by atoms with E-state index in [9.17, 15) is 0 Å². The number of hydrogen-bond acceptors (Lipinski definition) is 3. The third-order valence-corrected chi connectivity index (χ3v) is 3.84. The number of halogens is 1. The summed E-state index contributed by atoms with van der Waals surface area (Å²) in [5.41, 5.74) is 6.87. The highest BCUT2D eigenvalue weighted by molar-refractivity contribution is 9.10. The molecule has 0 radical (unpaired) electrons. The van der Waals surface area contributed by atoms with Crippen LogP contribution in [0.4, 0.5) is 0 Å². The van der Waals surface area contributed by atoms with Crippen LogP contribution in [-0.2, 0) is 0 Å². The summed E-state index contributed by atoms with van der Waals surface area (Å²) >= 11 is 3.41. The second-order valence-corrected chi connectivity index (χ2v) is 5.63. The van der Waals surface area contributed by atoms with Gasteiger partial charge in [-0.25, -0.2) is 4.98 Å². The molecule has 1 aliphatic rings. The molecule has 1 fully saturated rings. The lowest BCUT2D eigenvalue weighted by molar-refractivity contribution is 0.0915. The predicted molar refractivity (Wildman–Crippen MR) is 72.1 cm³/mol. The largest absolute Gasteiger partial charge is 0.474 e. The van der Waals surface area contributed by atoms with Crippen LogP contribution in [0.3, 0.4) is 0 Å². The van der Waals surface area contributed by atoms with Gasteiger partial charge in [-0.1, -0.05) is 6.42 Å². The first-order chi connectivity index (χ1) is 8.20. The molecule has 0 amide bonds. The summed E-state index contributed by atoms with van der Waals surface area (Å²) in [7, 11) is 0. The van der Waals surface area contributed by atoms with Crippen LogP contribution in [0.25, 0.3) is 0 Å². The maximum atomic E-state index is 6.03. The van der Waals surface area contributed by atoms with Crippen LogP contribution in [-0.4, -0.2) is 17.6 Å². The summed E-state index contributed by atoms with van der Waals surface area (Å²) in [6, 6.07) is 2.03. The van der Waals surface area contributed by atoms with Crippen molar-refractivity contribution >= 4 is 15.9 Å². The Labute approximate surface area is 111 Å². The predicted octanol–water partition coefficient (Wildman–Crippen LogP) is 3.05. The molecule has 0 spiro atoms. The third kappa shape index (κ3) is 3.19. The molecule has 17 heavy (non-hydrogen) atoms. The molecule has 94 valence electrons. The minimum absolute atomic E-state index is 0.237. The first-order valence-corrected chi connectivity index (χ1v) is 6.99. The standard InChI is InChI=1S/C13H19BrN2O/c1-9-6-11(14)8-16-13(9)17-12-5-3-2-4-10(12)7-15/h6,8,10,12H,2-5,7,15H2,1H3. The van der Waals surface area contributed by atoms with Crippen LogP contribution in [0.1, 0.15) is 31.2 Å². The van der Waals surface area contributed by atoms with Gasteiger partial charge in [-0.3, -0.25) is 0 Å². The van der Waals surface area contributed by atoms with E-state index in [1.807, 2.05) is 13.0 Å². The molecule has 0 saturated heterocycles. The van der Waals surface area contributed by atoms with Gasteiger partial charge in [0, 0.05) is 22.2 Å². The van der Waals surface area contributed by atoms with Gasteiger partial charge in [-0.2, -0.15) is 0 Å². The van der Waals surface area contributed by atoms with E-state index >= 15 is 0 Å². The first kappa shape index (κ1) is 12.8. The van der Waals surface area contributed by atoms with Crippen molar-refractivity contribution in [3.05, 3.63) is 22.3 Å². The number of nitrogens with two attached hydrogens (primary N) is 1. The molecule has 0 aliphatic heterocycles. The molecule has 1 saturated carbocycles. The van der Waals surface area contributed by atoms with Crippen molar-refractivity contribution in [2.45, 2.75) is 38.7 Å². The van der Waals surface area contributed by atoms with Crippen molar-refractivity contribution in [2.24, 2.45) is 11.7 Å². The molecule has 0 aromatic carbocycles. The second kappa shape index (κ2) is 5.83. The number of aryl methyl sites for hydroxylation is 1. The minimum atomic E-state index is 0.237. The molecule has 3 nitrogen and oxygen atoms in total. The molecule has 2 N–H and O–H groups in total. The average molecular weight is 299 g/mol. The van der Waals surface area contributed by atoms with E-state index in [1.165, 1.54) is 19.3 Å². The lowest BCUT2D eigenvalue weighted by atomic mass is 9.86. The summed E-state index contributed by atoms with van der Waals surface area (Å²) in [5.74, 6) is 1.23. The van der Waals surface area contributed by atoms with E-state index in [1.54, 1.807) is 6.20 Å². The first-order valence-electron chi connectivity index (χ1n) is 6.19. The Balaban J connectivity index is 2.08. The number of nitrogens with zero attached hydrogens (tertiary/aromatic N) is 1. The smallest absolute Gasteiger partial charge is 0.216 e. The van der Waals surface area contributed by atoms with Crippen LogP contribution < -0.4 is 10.5 Å². The number of aromatic nitrogens is 1. The van der Waals surface area contributed by atoms with E-state index in [2.05, 4.69) is 20.9 Å². The van der Waals surface area contributed by atoms with Gasteiger partial charge in [0.15, 0.2) is 0 Å². The molecule has 2 atom stereocenters. The molecule has 1 aliphatic carbocycles. The normalized spacial score (nSPS) is 24.6. The highest BCUT2D eigenvalue weighted by Gasteiger charge is 2.26. The summed E-state index contributed by atoms with van der Waals surface area (Å²) in [6.07, 6.45) is 6.80. The number of rotatable bonds is 3. The van der Waals surface area contributed by atoms with Gasteiger partial charge < -0.3 is 10.5 Å². The van der Waals surface area contributed by atoms with Gasteiger partial charge in [0.2, 0.25) is 5.88 Å². The van der Waals surface area contributed by atoms with Crippen LogP contribution in [0.15, 0.2) is 16.7 Å². The fraction of sp³-hybridized carbons (Fsp3) is 0.615. The molecular weight excluding hydrogens is 280 g/mol. The lowest BCUT2D eigenvalue weighted by Gasteiger charge is -2.30. The Bertz CT molecular complexity index is 384. The Kier molecular flexibility index (Phi) is 4.40. The minimum Gasteiger partial charge on any atom is -0.474 e. The Morgan fingerprint density at radius 1 is 1.47 bits per heavy atom. The molecule has 1 heterocycles. The summed E-state index contributed by atoms with van der Waals surface area (Å²) < 4.78 is 7.02. The van der Waals surface area contributed by atoms with Crippen LogP contribution in [0.5, 0.6) is 5.88 Å². The van der Waals surface area contributed by atoms with Crippen LogP contribution >= 0.6 is 15.9 Å². The highest BCUT2D eigenvalue weighted by atomic mass is 79.9. The van der Waals surface area contributed by atoms with Crippen molar-refractivity contribution in [2.75, 3.05) is 6.54 Å². The zero-order valence-corrected chi connectivity index (χ0v) is 11.7. The number of hydrogen-bond donors (Lipinski definition) is 1. The van der Waals surface area contributed by atoms with E-state index in [0.717, 1.165) is 22.3 Å². The highest BCUT2D eigenvalue weighted by Crippen LogP contribution is 2.29. The summed E-state index contributed by atoms with van der Waals surface area (Å²) in [4.78, 5) is 4.33. The van der Waals surface area contributed by atoms with Gasteiger partial charge in [0.1, 0.15) is 6.10 Å². The third-order valence-electron chi connectivity index (χ3n) is 3.40. The van der Waals surface area contributed by atoms with E-state index in [-0.39, 0.29) is 6.10 Å². The molecule has 0 bridgehead atoms. The monoisotopic (exact) mass is 298 g/mol. The van der Waals surface area contributed by atoms with Crippen LogP contribution in [0.2, 0.25) is 0 Å². The van der Waals surface area contributed by atoms with Gasteiger partial charge in [0.25, 0.3) is 0 Å². The Morgan fingerprint density at radius 2 is 2.24 bits per heavy atom. The van der Waals surface area contributed by atoms with Gasteiger partial charge in [-0.15, -0.1) is 0 Å². The van der Waals surface area contributed by atoms with E-state index in [0.29, 0.717) is 12.5 Å². The second-order valence-electron chi connectivity index (χ2n) is 4.71. The quantitative estimate of drug-likeness (QED) is 0.933. The van der Waals surface area contributed by atoms with E-state index in [4.69, 9.17) is 10.5 Å². The van der Waals surface area contributed by atoms with Crippen molar-refractivity contribution in [3.63, 3.8) is 0 Å². The maximum Gasteiger partial charge on any atom is 0.216 e. The number of ether oxygens (including phenoxy) is 1. The SMILES string of the molecule is Cc1cc(Br)cnc1OC1CCCCC1CN. The maximum absolute atomic E-state index is 6.03. The fourth-order valence-electron chi connectivity index (χ4n) is 2.39. The van der Waals surface area contributed by atoms with Crippen molar-refractivity contribution in [1.29, 1.82) is 0 Å². The van der Waals surface area contributed by atoms with Crippen LogP contribution in [0, 0.1) is 12.8 Å². The molecule has 4 heteroatoms. The topological polar surface area (TPSA) is 48.1 Å². The lowest BCUT2D eigenvalue weighted by Crippen LogP contribution is -2.35. The molecule has 2 rings (SSSR count). The molecule has 1 aromatic rings. The Hall–Kier alpha value is -0.610. The van der Waals surface area contributed by atoms with Gasteiger partial charge >= 0.3 is 0 Å². The average Bonchev–Trinajstić information content (AvgIpc) is 2.33. The van der Waals surface area contributed by atoms with Crippen molar-refractivity contribution < 1.29 is 4.74 Å². The Morgan fingerprint density at radius 3 is 2.94 bits per heavy atom. The zero-order chi connectivity index (χ0) is 12.3. The molecule has 1 aromatic heterocycles. The molecule has 2 unspecified atom stereocenters. The summed E-state index contributed by atoms with van der Waals surface area (Å²) in [6.45, 7) is 2.73. The van der Waals surface area contributed by atoms with Crippen molar-refractivity contribution in [1.82, 2.24) is 4.98 Å².